The fourth-order valence-corrected chi connectivity index (χ4v) is 2.13. The summed E-state index contributed by atoms with van der Waals surface area (Å²) in [5, 5.41) is 8.77. The topological polar surface area (TPSA) is 23.5 Å². The van der Waals surface area contributed by atoms with E-state index in [0.717, 1.165) is 25.6 Å². The Hall–Kier alpha value is -0.340. The van der Waals surface area contributed by atoms with Gasteiger partial charge < -0.3 is 5.11 Å². The van der Waals surface area contributed by atoms with E-state index in [1.54, 1.807) is 0 Å². The molecule has 0 aromatic rings. The van der Waals surface area contributed by atoms with Crippen molar-refractivity contribution >= 4 is 0 Å². The first-order chi connectivity index (χ1) is 6.38. The lowest BCUT2D eigenvalue weighted by Crippen LogP contribution is -2.34. The van der Waals surface area contributed by atoms with Crippen molar-refractivity contribution in [2.45, 2.75) is 38.1 Å². The van der Waals surface area contributed by atoms with Gasteiger partial charge in [-0.15, -0.1) is 6.58 Å². The van der Waals surface area contributed by atoms with E-state index in [1.165, 1.54) is 25.7 Å². The molecule has 0 bridgehead atoms. The molecule has 1 fully saturated rings. The van der Waals surface area contributed by atoms with Crippen molar-refractivity contribution in [2.75, 3.05) is 19.7 Å². The van der Waals surface area contributed by atoms with Crippen LogP contribution in [0.3, 0.4) is 0 Å². The Morgan fingerprint density at radius 1 is 1.38 bits per heavy atom. The van der Waals surface area contributed by atoms with Crippen LogP contribution in [-0.4, -0.2) is 35.7 Å². The largest absolute Gasteiger partial charge is 0.396 e. The van der Waals surface area contributed by atoms with E-state index in [9.17, 15) is 0 Å². The molecular formula is C11H21NO. The minimum absolute atomic E-state index is 0.306. The van der Waals surface area contributed by atoms with Gasteiger partial charge in [0.25, 0.3) is 0 Å². The van der Waals surface area contributed by atoms with Crippen molar-refractivity contribution in [3.8, 4) is 0 Å². The van der Waals surface area contributed by atoms with Crippen LogP contribution in [0.4, 0.5) is 0 Å². The molecule has 1 N–H and O–H groups in total. The average molecular weight is 183 g/mol. The fraction of sp³-hybridized carbons (Fsp3) is 0.818. The van der Waals surface area contributed by atoms with E-state index in [4.69, 9.17) is 5.11 Å². The molecule has 1 saturated carbocycles. The second kappa shape index (κ2) is 6.17. The number of hydrogen-bond donors (Lipinski definition) is 1. The molecule has 76 valence electrons. The van der Waals surface area contributed by atoms with Gasteiger partial charge in [0.15, 0.2) is 0 Å². The predicted octanol–water partition coefficient (Wildman–Crippen LogP) is 1.80. The zero-order valence-electron chi connectivity index (χ0n) is 8.41. The Morgan fingerprint density at radius 3 is 2.62 bits per heavy atom. The molecule has 0 aromatic carbocycles. The van der Waals surface area contributed by atoms with E-state index in [0.29, 0.717) is 6.61 Å². The summed E-state index contributed by atoms with van der Waals surface area (Å²) in [6, 6.07) is 0.754. The molecule has 0 aromatic heterocycles. The molecule has 0 radical (unpaired) electrons. The van der Waals surface area contributed by atoms with Gasteiger partial charge in [0.2, 0.25) is 0 Å². The highest BCUT2D eigenvalue weighted by Gasteiger charge is 2.20. The normalized spacial score (nSPS) is 18.3. The second-order valence-electron chi connectivity index (χ2n) is 3.80. The van der Waals surface area contributed by atoms with Crippen LogP contribution in [0.1, 0.15) is 32.1 Å². The molecule has 0 atom stereocenters. The maximum absolute atomic E-state index is 8.77. The molecule has 0 unspecified atom stereocenters. The molecule has 2 nitrogen and oxygen atoms in total. The highest BCUT2D eigenvalue weighted by atomic mass is 16.3. The van der Waals surface area contributed by atoms with Crippen LogP contribution in [-0.2, 0) is 0 Å². The summed E-state index contributed by atoms with van der Waals surface area (Å²) in [5.41, 5.74) is 0. The summed E-state index contributed by atoms with van der Waals surface area (Å²) in [7, 11) is 0. The Morgan fingerprint density at radius 2 is 2.08 bits per heavy atom. The number of hydrogen-bond acceptors (Lipinski definition) is 2. The SMILES string of the molecule is C=CCN(CCCO)C1CCCC1. The molecule has 1 aliphatic carbocycles. The maximum Gasteiger partial charge on any atom is 0.0443 e. The van der Waals surface area contributed by atoms with Crippen LogP contribution in [0, 0.1) is 0 Å². The summed E-state index contributed by atoms with van der Waals surface area (Å²) in [6.07, 6.45) is 8.27. The molecule has 13 heavy (non-hydrogen) atoms. The van der Waals surface area contributed by atoms with E-state index in [1.807, 2.05) is 6.08 Å². The third-order valence-electron chi connectivity index (χ3n) is 2.81. The first kappa shape index (κ1) is 10.7. The third-order valence-corrected chi connectivity index (χ3v) is 2.81. The number of nitrogens with zero attached hydrogens (tertiary/aromatic N) is 1. The van der Waals surface area contributed by atoms with Gasteiger partial charge >= 0.3 is 0 Å². The van der Waals surface area contributed by atoms with Crippen LogP contribution >= 0.6 is 0 Å². The monoisotopic (exact) mass is 183 g/mol. The highest BCUT2D eigenvalue weighted by Crippen LogP contribution is 2.23. The Bertz CT molecular complexity index is 141. The summed E-state index contributed by atoms with van der Waals surface area (Å²) in [5.74, 6) is 0. The molecular weight excluding hydrogens is 162 g/mol. The van der Waals surface area contributed by atoms with Gasteiger partial charge in [-0.3, -0.25) is 4.90 Å². The van der Waals surface area contributed by atoms with Crippen molar-refractivity contribution in [1.29, 1.82) is 0 Å². The van der Waals surface area contributed by atoms with Crippen molar-refractivity contribution < 1.29 is 5.11 Å². The quantitative estimate of drug-likeness (QED) is 0.635. The first-order valence-electron chi connectivity index (χ1n) is 5.34. The summed E-state index contributed by atoms with van der Waals surface area (Å²) < 4.78 is 0. The van der Waals surface area contributed by atoms with E-state index in [2.05, 4.69) is 11.5 Å². The average Bonchev–Trinajstić information content (AvgIpc) is 2.65. The Balaban J connectivity index is 2.30. The van der Waals surface area contributed by atoms with E-state index in [-0.39, 0.29) is 0 Å². The van der Waals surface area contributed by atoms with Gasteiger partial charge in [0.05, 0.1) is 0 Å². The molecule has 0 heterocycles. The molecule has 0 aliphatic heterocycles. The summed E-state index contributed by atoms with van der Waals surface area (Å²) in [6.45, 7) is 6.08. The van der Waals surface area contributed by atoms with Gasteiger partial charge in [0, 0.05) is 25.7 Å². The van der Waals surface area contributed by atoms with Gasteiger partial charge in [-0.2, -0.15) is 0 Å². The summed E-state index contributed by atoms with van der Waals surface area (Å²) in [4.78, 5) is 2.45. The zero-order valence-corrected chi connectivity index (χ0v) is 8.41. The van der Waals surface area contributed by atoms with E-state index < -0.39 is 0 Å². The molecule has 0 amide bonds. The molecule has 2 heteroatoms. The van der Waals surface area contributed by atoms with Gasteiger partial charge in [0.1, 0.15) is 0 Å². The number of rotatable bonds is 6. The lowest BCUT2D eigenvalue weighted by molar-refractivity contribution is 0.191. The molecule has 1 aliphatic rings. The van der Waals surface area contributed by atoms with Crippen molar-refractivity contribution in [2.24, 2.45) is 0 Å². The Labute approximate surface area is 81.2 Å². The first-order valence-corrected chi connectivity index (χ1v) is 5.34. The van der Waals surface area contributed by atoms with Crippen LogP contribution in [0.15, 0.2) is 12.7 Å². The minimum atomic E-state index is 0.306. The predicted molar refractivity (Wildman–Crippen MR) is 55.7 cm³/mol. The lowest BCUT2D eigenvalue weighted by atomic mass is 10.2. The van der Waals surface area contributed by atoms with Crippen LogP contribution in [0.2, 0.25) is 0 Å². The maximum atomic E-state index is 8.77. The Kier molecular flexibility index (Phi) is 5.09. The summed E-state index contributed by atoms with van der Waals surface area (Å²) >= 11 is 0. The number of aliphatic hydroxyl groups is 1. The number of aliphatic hydroxyl groups excluding tert-OH is 1. The standard InChI is InChI=1S/C11H21NO/c1-2-8-12(9-5-10-13)11-6-3-4-7-11/h2,11,13H,1,3-10H2. The van der Waals surface area contributed by atoms with Crippen molar-refractivity contribution in [3.05, 3.63) is 12.7 Å². The van der Waals surface area contributed by atoms with E-state index >= 15 is 0 Å². The minimum Gasteiger partial charge on any atom is -0.396 e. The zero-order chi connectivity index (χ0) is 9.52. The fourth-order valence-electron chi connectivity index (χ4n) is 2.13. The van der Waals surface area contributed by atoms with Crippen LogP contribution in [0.25, 0.3) is 0 Å². The molecule has 0 spiro atoms. The second-order valence-corrected chi connectivity index (χ2v) is 3.80. The van der Waals surface area contributed by atoms with Crippen molar-refractivity contribution in [1.82, 2.24) is 4.90 Å². The van der Waals surface area contributed by atoms with Crippen LogP contribution < -0.4 is 0 Å². The third kappa shape index (κ3) is 3.49. The highest BCUT2D eigenvalue weighted by molar-refractivity contribution is 4.82. The van der Waals surface area contributed by atoms with Gasteiger partial charge in [-0.1, -0.05) is 18.9 Å². The van der Waals surface area contributed by atoms with Crippen molar-refractivity contribution in [3.63, 3.8) is 0 Å². The lowest BCUT2D eigenvalue weighted by Gasteiger charge is -2.27. The van der Waals surface area contributed by atoms with Gasteiger partial charge in [-0.25, -0.2) is 0 Å². The molecule has 0 saturated heterocycles. The van der Waals surface area contributed by atoms with Gasteiger partial charge in [-0.05, 0) is 19.3 Å². The smallest absolute Gasteiger partial charge is 0.0443 e. The van der Waals surface area contributed by atoms with Crippen LogP contribution in [0.5, 0.6) is 0 Å². The molecule has 1 rings (SSSR count).